The van der Waals surface area contributed by atoms with Gasteiger partial charge in [-0.05, 0) is 70.7 Å². The van der Waals surface area contributed by atoms with E-state index in [9.17, 15) is 0 Å². The molecule has 2 nitrogen and oxygen atoms in total. The highest BCUT2D eigenvalue weighted by Gasteiger charge is 2.09. The fourth-order valence-corrected chi connectivity index (χ4v) is 2.76. The van der Waals surface area contributed by atoms with Crippen molar-refractivity contribution in [3.05, 3.63) is 56.5 Å². The Bertz CT molecular complexity index is 590. The fourth-order valence-electron chi connectivity index (χ4n) is 1.92. The second kappa shape index (κ2) is 5.95. The molecule has 0 amide bonds. The van der Waals surface area contributed by atoms with E-state index in [4.69, 9.17) is 22.1 Å². The molecule has 2 aromatic carbocycles. The maximum atomic E-state index is 6.02. The molecule has 0 spiro atoms. The van der Waals surface area contributed by atoms with Crippen LogP contribution in [-0.2, 0) is 6.54 Å². The summed E-state index contributed by atoms with van der Waals surface area (Å²) in [5.41, 5.74) is 8.70. The predicted octanol–water partition coefficient (Wildman–Crippen LogP) is 4.97. The van der Waals surface area contributed by atoms with Gasteiger partial charge in [-0.2, -0.15) is 0 Å². The maximum absolute atomic E-state index is 6.02. The van der Waals surface area contributed by atoms with Gasteiger partial charge >= 0.3 is 0 Å². The molecule has 4 heteroatoms. The van der Waals surface area contributed by atoms with Crippen molar-refractivity contribution in [1.82, 2.24) is 0 Å². The van der Waals surface area contributed by atoms with Gasteiger partial charge in [0.2, 0.25) is 0 Å². The van der Waals surface area contributed by atoms with Crippen molar-refractivity contribution in [2.24, 2.45) is 5.73 Å². The molecule has 2 rings (SSSR count). The van der Waals surface area contributed by atoms with E-state index in [-0.39, 0.29) is 0 Å². The van der Waals surface area contributed by atoms with Crippen molar-refractivity contribution in [3.8, 4) is 11.5 Å². The molecule has 0 aliphatic rings. The van der Waals surface area contributed by atoms with Crippen LogP contribution >= 0.6 is 27.5 Å². The highest BCUT2D eigenvalue weighted by atomic mass is 79.9. The summed E-state index contributed by atoms with van der Waals surface area (Å²) in [5, 5.41) is 0.722. The van der Waals surface area contributed by atoms with Crippen molar-refractivity contribution in [3.63, 3.8) is 0 Å². The van der Waals surface area contributed by atoms with Gasteiger partial charge in [-0.15, -0.1) is 0 Å². The normalized spacial score (nSPS) is 10.6. The van der Waals surface area contributed by atoms with Crippen molar-refractivity contribution in [2.45, 2.75) is 20.4 Å². The minimum atomic E-state index is 0.512. The highest BCUT2D eigenvalue weighted by molar-refractivity contribution is 9.10. The van der Waals surface area contributed by atoms with E-state index in [1.165, 1.54) is 0 Å². The van der Waals surface area contributed by atoms with Gasteiger partial charge in [-0.3, -0.25) is 0 Å². The maximum Gasteiger partial charge on any atom is 0.141 e. The first kappa shape index (κ1) is 14.4. The molecule has 0 aromatic heterocycles. The topological polar surface area (TPSA) is 35.2 Å². The summed E-state index contributed by atoms with van der Waals surface area (Å²) in [6.45, 7) is 4.48. The molecular formula is C15H15BrClNO. The summed E-state index contributed by atoms with van der Waals surface area (Å²) < 4.78 is 6.87. The molecule has 19 heavy (non-hydrogen) atoms. The second-order valence-corrected chi connectivity index (χ2v) is 5.73. The van der Waals surface area contributed by atoms with E-state index in [1.807, 2.05) is 44.2 Å². The number of benzene rings is 2. The van der Waals surface area contributed by atoms with Gasteiger partial charge in [0.1, 0.15) is 11.5 Å². The quantitative estimate of drug-likeness (QED) is 0.856. The Morgan fingerprint density at radius 1 is 1.16 bits per heavy atom. The summed E-state index contributed by atoms with van der Waals surface area (Å²) in [4.78, 5) is 0. The van der Waals surface area contributed by atoms with Crippen molar-refractivity contribution < 1.29 is 4.74 Å². The third-order valence-corrected chi connectivity index (χ3v) is 3.71. The lowest BCUT2D eigenvalue weighted by Crippen LogP contribution is -1.97. The van der Waals surface area contributed by atoms with E-state index >= 15 is 0 Å². The van der Waals surface area contributed by atoms with E-state index in [0.29, 0.717) is 6.54 Å². The van der Waals surface area contributed by atoms with Crippen LogP contribution in [0.1, 0.15) is 16.7 Å². The lowest BCUT2D eigenvalue weighted by Gasteiger charge is -2.14. The van der Waals surface area contributed by atoms with Crippen LogP contribution in [-0.4, -0.2) is 0 Å². The average Bonchev–Trinajstić information content (AvgIpc) is 2.35. The van der Waals surface area contributed by atoms with Crippen LogP contribution in [0.15, 0.2) is 34.8 Å². The Hall–Kier alpha value is -1.03. The van der Waals surface area contributed by atoms with Gasteiger partial charge in [-0.25, -0.2) is 0 Å². The van der Waals surface area contributed by atoms with Gasteiger partial charge in [0.15, 0.2) is 0 Å². The summed E-state index contributed by atoms with van der Waals surface area (Å²) in [5.74, 6) is 1.61. The largest absolute Gasteiger partial charge is 0.456 e. The van der Waals surface area contributed by atoms with Crippen LogP contribution in [0.25, 0.3) is 0 Å². The summed E-state index contributed by atoms with van der Waals surface area (Å²) in [6.07, 6.45) is 0. The van der Waals surface area contributed by atoms with Crippen LogP contribution in [0.4, 0.5) is 0 Å². The van der Waals surface area contributed by atoms with Crippen LogP contribution < -0.4 is 10.5 Å². The van der Waals surface area contributed by atoms with Crippen LogP contribution in [0, 0.1) is 13.8 Å². The first-order chi connectivity index (χ1) is 9.01. The zero-order valence-corrected chi connectivity index (χ0v) is 13.2. The first-order valence-electron chi connectivity index (χ1n) is 5.94. The third-order valence-electron chi connectivity index (χ3n) is 2.87. The number of nitrogens with two attached hydrogens (primary N) is 1. The first-order valence-corrected chi connectivity index (χ1v) is 7.11. The molecule has 0 saturated heterocycles. The van der Waals surface area contributed by atoms with Gasteiger partial charge in [-0.1, -0.05) is 17.7 Å². The molecule has 0 bridgehead atoms. The monoisotopic (exact) mass is 339 g/mol. The molecule has 0 aliphatic heterocycles. The molecule has 100 valence electrons. The number of rotatable bonds is 3. The third kappa shape index (κ3) is 3.30. The summed E-state index contributed by atoms with van der Waals surface area (Å²) in [7, 11) is 0. The summed E-state index contributed by atoms with van der Waals surface area (Å²) in [6, 6.07) is 9.63. The van der Waals surface area contributed by atoms with Gasteiger partial charge in [0.25, 0.3) is 0 Å². The zero-order valence-electron chi connectivity index (χ0n) is 10.8. The Morgan fingerprint density at radius 3 is 2.32 bits per heavy atom. The molecule has 0 radical (unpaired) electrons. The number of ether oxygens (including phenoxy) is 1. The molecule has 0 atom stereocenters. The Kier molecular flexibility index (Phi) is 4.50. The van der Waals surface area contributed by atoms with E-state index in [1.54, 1.807) is 0 Å². The second-order valence-electron chi connectivity index (χ2n) is 4.44. The molecule has 0 unspecified atom stereocenters. The van der Waals surface area contributed by atoms with Crippen LogP contribution in [0.5, 0.6) is 11.5 Å². The van der Waals surface area contributed by atoms with Gasteiger partial charge in [0.05, 0.1) is 4.47 Å². The number of hydrogen-bond donors (Lipinski definition) is 1. The van der Waals surface area contributed by atoms with E-state index < -0.39 is 0 Å². The minimum Gasteiger partial charge on any atom is -0.456 e. The molecule has 0 heterocycles. The van der Waals surface area contributed by atoms with Gasteiger partial charge < -0.3 is 10.5 Å². The van der Waals surface area contributed by atoms with Gasteiger partial charge in [0, 0.05) is 11.6 Å². The van der Waals surface area contributed by atoms with Crippen molar-refractivity contribution >= 4 is 27.5 Å². The van der Waals surface area contributed by atoms with Crippen molar-refractivity contribution in [1.29, 1.82) is 0 Å². The lowest BCUT2D eigenvalue weighted by atomic mass is 10.1. The number of halogens is 2. The zero-order chi connectivity index (χ0) is 14.0. The predicted molar refractivity (Wildman–Crippen MR) is 83.0 cm³/mol. The van der Waals surface area contributed by atoms with Crippen molar-refractivity contribution in [2.75, 3.05) is 0 Å². The van der Waals surface area contributed by atoms with E-state index in [0.717, 1.165) is 37.7 Å². The Balaban J connectivity index is 2.36. The molecule has 0 saturated carbocycles. The molecule has 2 aromatic rings. The average molecular weight is 341 g/mol. The minimum absolute atomic E-state index is 0.512. The highest BCUT2D eigenvalue weighted by Crippen LogP contribution is 2.35. The SMILES string of the molecule is Cc1cc(Cl)cc(C)c1Oc1ccc(CN)cc1Br. The van der Waals surface area contributed by atoms with Crippen LogP contribution in [0.3, 0.4) is 0 Å². The molecule has 2 N–H and O–H groups in total. The summed E-state index contributed by atoms with van der Waals surface area (Å²) >= 11 is 9.52. The molecule has 0 fully saturated rings. The number of hydrogen-bond acceptors (Lipinski definition) is 2. The molecule has 0 aliphatic carbocycles. The van der Waals surface area contributed by atoms with Crippen LogP contribution in [0.2, 0.25) is 5.02 Å². The fraction of sp³-hybridized carbons (Fsp3) is 0.200. The smallest absolute Gasteiger partial charge is 0.141 e. The van der Waals surface area contributed by atoms with E-state index in [2.05, 4.69) is 15.9 Å². The standard InChI is InChI=1S/C15H15BrClNO/c1-9-5-12(17)6-10(2)15(9)19-14-4-3-11(8-18)7-13(14)16/h3-7H,8,18H2,1-2H3. The Labute approximate surface area is 126 Å². The molecular weight excluding hydrogens is 326 g/mol. The number of aryl methyl sites for hydroxylation is 2. The Morgan fingerprint density at radius 2 is 1.79 bits per heavy atom. The lowest BCUT2D eigenvalue weighted by molar-refractivity contribution is 0.472.